The number of benzene rings is 2. The lowest BCUT2D eigenvalue weighted by atomic mass is 10.1. The van der Waals surface area contributed by atoms with Crippen LogP contribution in [0, 0.1) is 5.92 Å². The van der Waals surface area contributed by atoms with Crippen molar-refractivity contribution in [3.8, 4) is 0 Å². The number of guanidine groups is 1. The summed E-state index contributed by atoms with van der Waals surface area (Å²) in [5.41, 5.74) is 2.52. The van der Waals surface area contributed by atoms with Crippen molar-refractivity contribution in [1.82, 2.24) is 10.6 Å². The highest BCUT2D eigenvalue weighted by molar-refractivity contribution is 14.0. The minimum absolute atomic E-state index is 0. The van der Waals surface area contributed by atoms with Crippen LogP contribution in [0.4, 0.5) is 0 Å². The smallest absolute Gasteiger partial charge is 0.190 e. The number of nitrogens with one attached hydrogen (secondary N) is 2. The van der Waals surface area contributed by atoms with E-state index in [1.165, 1.54) is 18.2 Å². The Morgan fingerprint density at radius 1 is 1.07 bits per heavy atom. The third kappa shape index (κ3) is 6.48. The number of halogens is 1. The Morgan fingerprint density at radius 2 is 1.75 bits per heavy atom. The number of aliphatic imine (C=N–C) groups is 1. The second kappa shape index (κ2) is 10.2. The summed E-state index contributed by atoms with van der Waals surface area (Å²) < 4.78 is 23.0. The van der Waals surface area contributed by atoms with Gasteiger partial charge in [-0.25, -0.2) is 8.42 Å². The van der Waals surface area contributed by atoms with Crippen molar-refractivity contribution in [1.29, 1.82) is 0 Å². The lowest BCUT2D eigenvalue weighted by Gasteiger charge is -2.12. The van der Waals surface area contributed by atoms with E-state index < -0.39 is 9.84 Å². The second-order valence-corrected chi connectivity index (χ2v) is 9.07. The van der Waals surface area contributed by atoms with Crippen LogP contribution in [0.2, 0.25) is 0 Å². The molecule has 0 amide bonds. The molecule has 2 aromatic carbocycles. The van der Waals surface area contributed by atoms with Gasteiger partial charge in [0.05, 0.1) is 4.90 Å². The first-order valence-electron chi connectivity index (χ1n) is 9.26. The summed E-state index contributed by atoms with van der Waals surface area (Å²) in [6, 6.07) is 17.7. The molecular formula is C21H28IN3O2S. The first kappa shape index (κ1) is 22.7. The third-order valence-electron chi connectivity index (χ3n) is 4.96. The van der Waals surface area contributed by atoms with Crippen molar-refractivity contribution < 1.29 is 8.42 Å². The molecule has 5 nitrogen and oxygen atoms in total. The second-order valence-electron chi connectivity index (χ2n) is 7.06. The molecule has 2 N–H and O–H groups in total. The van der Waals surface area contributed by atoms with E-state index in [2.05, 4.69) is 46.0 Å². The van der Waals surface area contributed by atoms with Crippen molar-refractivity contribution in [2.24, 2.45) is 10.9 Å². The van der Waals surface area contributed by atoms with E-state index >= 15 is 0 Å². The van der Waals surface area contributed by atoms with Crippen molar-refractivity contribution in [3.05, 3.63) is 65.7 Å². The van der Waals surface area contributed by atoms with Crippen molar-refractivity contribution in [2.75, 3.05) is 26.4 Å². The highest BCUT2D eigenvalue weighted by Gasteiger charge is 2.37. The monoisotopic (exact) mass is 513 g/mol. The van der Waals surface area contributed by atoms with E-state index in [1.807, 2.05) is 12.1 Å². The molecule has 0 saturated heterocycles. The highest BCUT2D eigenvalue weighted by Crippen LogP contribution is 2.46. The third-order valence-corrected chi connectivity index (χ3v) is 6.09. The molecule has 7 heteroatoms. The summed E-state index contributed by atoms with van der Waals surface area (Å²) in [4.78, 5) is 4.63. The number of nitrogens with zero attached hydrogens (tertiary/aromatic N) is 1. The van der Waals surface area contributed by atoms with E-state index in [1.54, 1.807) is 19.2 Å². The first-order valence-corrected chi connectivity index (χ1v) is 11.1. The van der Waals surface area contributed by atoms with Crippen LogP contribution in [-0.2, 0) is 16.3 Å². The Labute approximate surface area is 185 Å². The van der Waals surface area contributed by atoms with Crippen LogP contribution < -0.4 is 10.6 Å². The minimum atomic E-state index is -3.14. The maximum atomic E-state index is 11.5. The molecule has 2 aromatic rings. The molecule has 0 radical (unpaired) electrons. The van der Waals surface area contributed by atoms with Gasteiger partial charge in [-0.2, -0.15) is 0 Å². The predicted molar refractivity (Wildman–Crippen MR) is 125 cm³/mol. The zero-order valence-electron chi connectivity index (χ0n) is 16.3. The summed E-state index contributed by atoms with van der Waals surface area (Å²) in [6.07, 6.45) is 3.25. The molecule has 0 aromatic heterocycles. The molecule has 1 aliphatic carbocycles. The number of hydrogen-bond acceptors (Lipinski definition) is 3. The Hall–Kier alpha value is -1.61. The summed E-state index contributed by atoms with van der Waals surface area (Å²) in [5.74, 6) is 2.13. The average Bonchev–Trinajstić information content (AvgIpc) is 3.44. The van der Waals surface area contributed by atoms with Gasteiger partial charge in [-0.15, -0.1) is 24.0 Å². The summed E-state index contributed by atoms with van der Waals surface area (Å²) >= 11 is 0. The molecule has 2 atom stereocenters. The molecule has 152 valence electrons. The summed E-state index contributed by atoms with van der Waals surface area (Å²) in [7, 11) is -1.36. The van der Waals surface area contributed by atoms with E-state index in [-0.39, 0.29) is 24.0 Å². The van der Waals surface area contributed by atoms with Gasteiger partial charge in [0.15, 0.2) is 15.8 Å². The van der Waals surface area contributed by atoms with Gasteiger partial charge in [-0.3, -0.25) is 4.99 Å². The van der Waals surface area contributed by atoms with Crippen LogP contribution in [0.25, 0.3) is 0 Å². The average molecular weight is 513 g/mol. The molecule has 0 heterocycles. The first-order chi connectivity index (χ1) is 13.0. The quantitative estimate of drug-likeness (QED) is 0.339. The van der Waals surface area contributed by atoms with Crippen molar-refractivity contribution in [3.63, 3.8) is 0 Å². The number of hydrogen-bond donors (Lipinski definition) is 2. The van der Waals surface area contributed by atoms with Gasteiger partial charge in [0.1, 0.15) is 0 Å². The lowest BCUT2D eigenvalue weighted by molar-refractivity contribution is 0.602. The van der Waals surface area contributed by atoms with Gasteiger partial charge in [-0.05, 0) is 47.9 Å². The van der Waals surface area contributed by atoms with E-state index in [0.29, 0.717) is 16.7 Å². The molecule has 1 saturated carbocycles. The van der Waals surface area contributed by atoms with Gasteiger partial charge >= 0.3 is 0 Å². The van der Waals surface area contributed by atoms with Gasteiger partial charge in [-0.1, -0.05) is 42.5 Å². The molecule has 28 heavy (non-hydrogen) atoms. The van der Waals surface area contributed by atoms with E-state index in [4.69, 9.17) is 0 Å². The molecule has 0 aliphatic heterocycles. The maximum absolute atomic E-state index is 11.5. The molecule has 2 unspecified atom stereocenters. The van der Waals surface area contributed by atoms with Crippen LogP contribution in [0.1, 0.15) is 23.5 Å². The van der Waals surface area contributed by atoms with Gasteiger partial charge < -0.3 is 10.6 Å². The molecule has 1 fully saturated rings. The van der Waals surface area contributed by atoms with Crippen LogP contribution in [0.3, 0.4) is 0 Å². The Morgan fingerprint density at radius 3 is 2.36 bits per heavy atom. The van der Waals surface area contributed by atoms with E-state index in [9.17, 15) is 8.42 Å². The molecule has 0 spiro atoms. The zero-order valence-corrected chi connectivity index (χ0v) is 19.4. The van der Waals surface area contributed by atoms with E-state index in [0.717, 1.165) is 31.0 Å². The Bertz CT molecular complexity index is 884. The molecule has 3 rings (SSSR count). The number of sulfone groups is 1. The fourth-order valence-electron chi connectivity index (χ4n) is 3.26. The van der Waals surface area contributed by atoms with Gasteiger partial charge in [0.2, 0.25) is 0 Å². The fourth-order valence-corrected chi connectivity index (χ4v) is 3.89. The highest BCUT2D eigenvalue weighted by atomic mass is 127. The van der Waals surface area contributed by atoms with Crippen molar-refractivity contribution in [2.45, 2.75) is 23.7 Å². The van der Waals surface area contributed by atoms with Crippen LogP contribution in [0.5, 0.6) is 0 Å². The minimum Gasteiger partial charge on any atom is -0.356 e. The summed E-state index contributed by atoms with van der Waals surface area (Å²) in [6.45, 7) is 1.66. The topological polar surface area (TPSA) is 70.6 Å². The van der Waals surface area contributed by atoms with Crippen molar-refractivity contribution >= 4 is 39.8 Å². The standard InChI is InChI=1S/C21H27N3O2S.HI/c1-22-21(24-15-18-14-20(18)17-6-4-3-5-7-17)23-13-12-16-8-10-19(11-9-16)27(2,25)26;/h3-11,18,20H,12-15H2,1-2H3,(H2,22,23,24);1H. The molecule has 1 aliphatic rings. The van der Waals surface area contributed by atoms with Gasteiger partial charge in [0.25, 0.3) is 0 Å². The SMILES string of the molecule is CN=C(NCCc1ccc(S(C)(=O)=O)cc1)NCC1CC1c1ccccc1.I. The Balaban J connectivity index is 0.00000280. The number of rotatable bonds is 7. The Kier molecular flexibility index (Phi) is 8.30. The predicted octanol–water partition coefficient (Wildman–Crippen LogP) is 3.22. The zero-order chi connectivity index (χ0) is 19.3. The van der Waals surface area contributed by atoms with Crippen LogP contribution >= 0.6 is 24.0 Å². The lowest BCUT2D eigenvalue weighted by Crippen LogP contribution is -2.39. The largest absolute Gasteiger partial charge is 0.356 e. The van der Waals surface area contributed by atoms with Crippen LogP contribution in [0.15, 0.2) is 64.5 Å². The van der Waals surface area contributed by atoms with Gasteiger partial charge in [0, 0.05) is 26.4 Å². The normalized spacial score (nSPS) is 18.9. The summed E-state index contributed by atoms with van der Waals surface area (Å²) in [5, 5.41) is 6.73. The maximum Gasteiger partial charge on any atom is 0.190 e. The molecular weight excluding hydrogens is 485 g/mol. The van der Waals surface area contributed by atoms with Crippen LogP contribution in [-0.4, -0.2) is 40.8 Å². The fraction of sp³-hybridized carbons (Fsp3) is 0.381. The molecule has 0 bridgehead atoms.